The van der Waals surface area contributed by atoms with Crippen LogP contribution in [0.1, 0.15) is 25.1 Å². The van der Waals surface area contributed by atoms with Gasteiger partial charge in [0.2, 0.25) is 5.91 Å². The number of rotatable bonds is 3. The van der Waals surface area contributed by atoms with Gasteiger partial charge >= 0.3 is 0 Å². The molecule has 2 atom stereocenters. The average molecular weight is 277 g/mol. The number of aromatic nitrogens is 2. The SMILES string of the molecule is CN(C[C@@H]1CCc2nccn2C1)C(=O)[C@H]1CCCOC1. The molecule has 1 saturated heterocycles. The van der Waals surface area contributed by atoms with Crippen molar-refractivity contribution in [2.75, 3.05) is 26.8 Å². The van der Waals surface area contributed by atoms with Crippen LogP contribution in [-0.2, 0) is 22.5 Å². The summed E-state index contributed by atoms with van der Waals surface area (Å²) < 4.78 is 7.64. The van der Waals surface area contributed by atoms with Gasteiger partial charge in [-0.3, -0.25) is 4.79 Å². The number of carbonyl (C=O) groups is 1. The first kappa shape index (κ1) is 13.6. The van der Waals surface area contributed by atoms with E-state index in [1.165, 1.54) is 5.82 Å². The van der Waals surface area contributed by atoms with Gasteiger partial charge in [-0.25, -0.2) is 4.98 Å². The second-order valence-electron chi connectivity index (χ2n) is 6.03. The zero-order chi connectivity index (χ0) is 13.9. The highest BCUT2D eigenvalue weighted by atomic mass is 16.5. The van der Waals surface area contributed by atoms with Crippen LogP contribution in [-0.4, -0.2) is 47.2 Å². The molecule has 5 heteroatoms. The van der Waals surface area contributed by atoms with Gasteiger partial charge < -0.3 is 14.2 Å². The molecule has 1 amide bonds. The summed E-state index contributed by atoms with van der Waals surface area (Å²) in [6.45, 7) is 3.22. The number of hydrogen-bond donors (Lipinski definition) is 0. The van der Waals surface area contributed by atoms with Crippen LogP contribution in [0.4, 0.5) is 0 Å². The van der Waals surface area contributed by atoms with E-state index in [0.717, 1.165) is 45.4 Å². The Bertz CT molecular complexity index is 465. The number of imidazole rings is 1. The number of carbonyl (C=O) groups excluding carboxylic acids is 1. The van der Waals surface area contributed by atoms with Crippen molar-refractivity contribution in [3.05, 3.63) is 18.2 Å². The largest absolute Gasteiger partial charge is 0.381 e. The van der Waals surface area contributed by atoms with Crippen molar-refractivity contribution in [1.29, 1.82) is 0 Å². The zero-order valence-electron chi connectivity index (χ0n) is 12.1. The minimum Gasteiger partial charge on any atom is -0.381 e. The Hall–Kier alpha value is -1.36. The van der Waals surface area contributed by atoms with Gasteiger partial charge in [-0.2, -0.15) is 0 Å². The standard InChI is InChI=1S/C15H23N3O2/c1-17(15(19)13-3-2-8-20-11-13)9-12-4-5-14-16-6-7-18(14)10-12/h6-7,12-13H,2-5,8-11H2,1H3/t12-,13-/m0/s1. The van der Waals surface area contributed by atoms with Crippen LogP contribution in [0.5, 0.6) is 0 Å². The Kier molecular flexibility index (Phi) is 4.05. The third-order valence-corrected chi connectivity index (χ3v) is 4.45. The van der Waals surface area contributed by atoms with Crippen LogP contribution in [0.3, 0.4) is 0 Å². The lowest BCUT2D eigenvalue weighted by molar-refractivity contribution is -0.139. The monoisotopic (exact) mass is 277 g/mol. The molecule has 0 saturated carbocycles. The molecule has 1 aromatic rings. The van der Waals surface area contributed by atoms with Crippen LogP contribution < -0.4 is 0 Å². The Labute approximate surface area is 119 Å². The Morgan fingerprint density at radius 3 is 3.25 bits per heavy atom. The van der Waals surface area contributed by atoms with Crippen LogP contribution in [0, 0.1) is 11.8 Å². The third kappa shape index (κ3) is 2.87. The maximum Gasteiger partial charge on any atom is 0.227 e. The van der Waals surface area contributed by atoms with E-state index >= 15 is 0 Å². The molecule has 2 aliphatic rings. The lowest BCUT2D eigenvalue weighted by Gasteiger charge is -2.31. The molecule has 0 aliphatic carbocycles. The quantitative estimate of drug-likeness (QED) is 0.837. The smallest absolute Gasteiger partial charge is 0.227 e. The highest BCUT2D eigenvalue weighted by molar-refractivity contribution is 5.78. The number of fused-ring (bicyclic) bond motifs is 1. The molecule has 0 N–H and O–H groups in total. The molecule has 1 aromatic heterocycles. The summed E-state index contributed by atoms with van der Waals surface area (Å²) in [5, 5.41) is 0. The molecule has 0 unspecified atom stereocenters. The van der Waals surface area contributed by atoms with E-state index in [1.807, 2.05) is 24.3 Å². The molecule has 20 heavy (non-hydrogen) atoms. The lowest BCUT2D eigenvalue weighted by Crippen LogP contribution is -2.41. The summed E-state index contributed by atoms with van der Waals surface area (Å²) in [6.07, 6.45) is 8.03. The maximum absolute atomic E-state index is 12.4. The zero-order valence-corrected chi connectivity index (χ0v) is 12.1. The van der Waals surface area contributed by atoms with Crippen molar-refractivity contribution in [3.63, 3.8) is 0 Å². The van der Waals surface area contributed by atoms with E-state index in [-0.39, 0.29) is 11.8 Å². The highest BCUT2D eigenvalue weighted by Gasteiger charge is 2.27. The van der Waals surface area contributed by atoms with E-state index < -0.39 is 0 Å². The van der Waals surface area contributed by atoms with Crippen molar-refractivity contribution in [3.8, 4) is 0 Å². The van der Waals surface area contributed by atoms with Gasteiger partial charge in [0.25, 0.3) is 0 Å². The molecule has 1 fully saturated rings. The number of hydrogen-bond acceptors (Lipinski definition) is 3. The fourth-order valence-corrected chi connectivity index (χ4v) is 3.31. The molecule has 3 heterocycles. The molecule has 0 bridgehead atoms. The van der Waals surface area contributed by atoms with Crippen LogP contribution in [0.2, 0.25) is 0 Å². The van der Waals surface area contributed by atoms with Crippen LogP contribution in [0.15, 0.2) is 12.4 Å². The van der Waals surface area contributed by atoms with Gasteiger partial charge in [0.1, 0.15) is 5.82 Å². The third-order valence-electron chi connectivity index (χ3n) is 4.45. The normalized spacial score (nSPS) is 26.1. The molecule has 3 rings (SSSR count). The summed E-state index contributed by atoms with van der Waals surface area (Å²) in [5.41, 5.74) is 0. The first-order chi connectivity index (χ1) is 9.74. The number of aryl methyl sites for hydroxylation is 1. The van der Waals surface area contributed by atoms with E-state index in [4.69, 9.17) is 4.74 Å². The molecular weight excluding hydrogens is 254 g/mol. The van der Waals surface area contributed by atoms with E-state index in [1.54, 1.807) is 0 Å². The lowest BCUT2D eigenvalue weighted by atomic mass is 9.97. The topological polar surface area (TPSA) is 47.4 Å². The van der Waals surface area contributed by atoms with Gasteiger partial charge in [0, 0.05) is 45.6 Å². The molecule has 110 valence electrons. The van der Waals surface area contributed by atoms with Crippen LogP contribution >= 0.6 is 0 Å². The summed E-state index contributed by atoms with van der Waals surface area (Å²) in [5.74, 6) is 2.04. The van der Waals surface area contributed by atoms with E-state index in [9.17, 15) is 4.79 Å². The fourth-order valence-electron chi connectivity index (χ4n) is 3.31. The van der Waals surface area contributed by atoms with Crippen molar-refractivity contribution >= 4 is 5.91 Å². The number of ether oxygens (including phenoxy) is 1. The minimum absolute atomic E-state index is 0.0705. The van der Waals surface area contributed by atoms with Crippen molar-refractivity contribution in [2.24, 2.45) is 11.8 Å². The van der Waals surface area contributed by atoms with E-state index in [2.05, 4.69) is 9.55 Å². The summed E-state index contributed by atoms with van der Waals surface area (Å²) in [4.78, 5) is 18.6. The first-order valence-electron chi connectivity index (χ1n) is 7.57. The van der Waals surface area contributed by atoms with Gasteiger partial charge in [-0.05, 0) is 25.2 Å². The molecule has 0 spiro atoms. The predicted octanol–water partition coefficient (Wildman–Crippen LogP) is 1.33. The number of nitrogens with zero attached hydrogens (tertiary/aromatic N) is 3. The molecule has 5 nitrogen and oxygen atoms in total. The second-order valence-corrected chi connectivity index (χ2v) is 6.03. The minimum atomic E-state index is 0.0705. The fraction of sp³-hybridized carbons (Fsp3) is 0.733. The van der Waals surface area contributed by atoms with Crippen LogP contribution in [0.25, 0.3) is 0 Å². The Morgan fingerprint density at radius 1 is 1.55 bits per heavy atom. The van der Waals surface area contributed by atoms with Gasteiger partial charge in [0.05, 0.1) is 12.5 Å². The van der Waals surface area contributed by atoms with Crippen molar-refractivity contribution in [1.82, 2.24) is 14.5 Å². The highest BCUT2D eigenvalue weighted by Crippen LogP contribution is 2.21. The summed E-state index contributed by atoms with van der Waals surface area (Å²) in [6, 6.07) is 0. The van der Waals surface area contributed by atoms with Crippen molar-refractivity contribution in [2.45, 2.75) is 32.2 Å². The average Bonchev–Trinajstić information content (AvgIpc) is 2.95. The van der Waals surface area contributed by atoms with Crippen molar-refractivity contribution < 1.29 is 9.53 Å². The molecule has 2 aliphatic heterocycles. The van der Waals surface area contributed by atoms with Gasteiger partial charge in [0.15, 0.2) is 0 Å². The molecule has 0 aromatic carbocycles. The number of amides is 1. The Morgan fingerprint density at radius 2 is 2.45 bits per heavy atom. The van der Waals surface area contributed by atoms with Gasteiger partial charge in [-0.1, -0.05) is 0 Å². The van der Waals surface area contributed by atoms with Gasteiger partial charge in [-0.15, -0.1) is 0 Å². The molecule has 0 radical (unpaired) electrons. The summed E-state index contributed by atoms with van der Waals surface area (Å²) in [7, 11) is 1.93. The van der Waals surface area contributed by atoms with E-state index in [0.29, 0.717) is 12.5 Å². The predicted molar refractivity (Wildman–Crippen MR) is 75.2 cm³/mol. The summed E-state index contributed by atoms with van der Waals surface area (Å²) >= 11 is 0. The Balaban J connectivity index is 1.54. The first-order valence-corrected chi connectivity index (χ1v) is 7.57. The molecular formula is C15H23N3O2. The second kappa shape index (κ2) is 5.95. The maximum atomic E-state index is 12.4.